The third kappa shape index (κ3) is 43.9. The zero-order valence-corrected chi connectivity index (χ0v) is 70.6. The molecule has 0 amide bonds. The quantitative estimate of drug-likeness (QED) is 0.00653. The molecule has 3 saturated carbocycles. The third-order valence-electron chi connectivity index (χ3n) is 16.7. The molecule has 0 heterocycles. The number of halogens is 4. The van der Waals surface area contributed by atoms with E-state index in [0.29, 0.717) is 40.6 Å². The third-order valence-corrected chi connectivity index (χ3v) is 23.1. The Morgan fingerprint density at radius 2 is 0.926 bits per heavy atom. The van der Waals surface area contributed by atoms with Crippen LogP contribution < -0.4 is 18.9 Å². The predicted octanol–water partition coefficient (Wildman–Crippen LogP) is 21.2. The number of benzene rings is 5. The number of aliphatic carboxylic acids is 1. The number of carboxylic acid groups (broad SMARTS) is 1. The predicted molar refractivity (Wildman–Crippen MR) is 436 cm³/mol. The molecular weight excluding hydrogens is 1570 g/mol. The SMILES string of the molecule is C1CCC([PH+](C2CCCCC2)C2CCCCC2)CC1.C=Cc1cc(O)ccc1C.C=Cc1cc(OC(=O)CCC(C)=O)ccc1OC(C)C.CC(=O)CCC(=O)O.CC(=O)CCC(=O)Oc1ccc([OH+]C(C)C)c([CH]=[Ru]([Cl])[Cl])c1.Cc1ccc(OC(=O)C(C)(C)C)cc1C=O.ClCCl.O=Cc1cc(O)ccc1O. The van der Waals surface area contributed by atoms with Gasteiger partial charge in [-0.25, -0.2) is 0 Å². The molecule has 0 radical (unpaired) electrons. The Labute approximate surface area is 664 Å². The van der Waals surface area contributed by atoms with Gasteiger partial charge in [-0.1, -0.05) is 56.7 Å². The number of carbonyl (C=O) groups excluding carboxylic acids is 8. The van der Waals surface area contributed by atoms with Crippen LogP contribution in [0.15, 0.2) is 104 Å². The number of ether oxygens (including phenoxy) is 5. The molecule has 0 atom stereocenters. The molecule has 3 aliphatic rings. The van der Waals surface area contributed by atoms with Gasteiger partial charge in [0.1, 0.15) is 52.3 Å². The van der Waals surface area contributed by atoms with Crippen LogP contribution in [-0.4, -0.2) is 118 Å². The second-order valence-electron chi connectivity index (χ2n) is 27.8. The molecule has 8 rings (SSSR count). The maximum atomic E-state index is 11.7. The fourth-order valence-electron chi connectivity index (χ4n) is 11.3. The smallest absolute Gasteiger partial charge is 0.316 e. The molecule has 0 aromatic heterocycles. The van der Waals surface area contributed by atoms with E-state index in [0.717, 1.165) is 39.9 Å². The number of hydrogen-bond acceptors (Lipinski definition) is 16. The summed E-state index contributed by atoms with van der Waals surface area (Å²) in [5, 5.41) is 34.9. The molecule has 5 aromatic rings. The molecule has 598 valence electrons. The number of hydrogen-bond donors (Lipinski definition) is 4. The first-order valence-electron chi connectivity index (χ1n) is 36.4. The Morgan fingerprint density at radius 1 is 0.537 bits per heavy atom. The maximum absolute atomic E-state index is 11.7. The van der Waals surface area contributed by atoms with E-state index in [9.17, 15) is 43.2 Å². The summed E-state index contributed by atoms with van der Waals surface area (Å²) in [5.41, 5.74) is 8.27. The fourth-order valence-corrected chi connectivity index (χ4v) is 18.4. The Balaban J connectivity index is 0.000000640. The van der Waals surface area contributed by atoms with E-state index in [2.05, 4.69) is 17.9 Å². The van der Waals surface area contributed by atoms with Crippen LogP contribution in [0, 0.1) is 19.3 Å². The van der Waals surface area contributed by atoms with Crippen LogP contribution in [0.1, 0.15) is 253 Å². The van der Waals surface area contributed by atoms with Gasteiger partial charge in [0, 0.05) is 31.9 Å². The number of ketones is 3. The normalized spacial score (nSPS) is 13.4. The minimum absolute atomic E-state index is 0.0279. The Morgan fingerprint density at radius 3 is 1.31 bits per heavy atom. The van der Waals surface area contributed by atoms with Gasteiger partial charge in [0.2, 0.25) is 0 Å². The minimum atomic E-state index is -2.02. The molecule has 5 N–H and O–H groups in total. The second-order valence-corrected chi connectivity index (χ2v) is 37.7. The van der Waals surface area contributed by atoms with Crippen molar-refractivity contribution in [3.63, 3.8) is 0 Å². The number of alkyl halides is 2. The molecular formula is C84H115Cl4O18PRu+2. The number of carbonyl (C=O) groups is 9. The summed E-state index contributed by atoms with van der Waals surface area (Å²) >= 11 is 7.51. The van der Waals surface area contributed by atoms with Crippen LogP contribution in [0.4, 0.5) is 0 Å². The van der Waals surface area contributed by atoms with Gasteiger partial charge in [-0.2, -0.15) is 0 Å². The van der Waals surface area contributed by atoms with Gasteiger partial charge >= 0.3 is 161 Å². The van der Waals surface area contributed by atoms with Crippen LogP contribution in [0.25, 0.3) is 12.2 Å². The molecule has 3 fully saturated rings. The molecule has 0 saturated heterocycles. The van der Waals surface area contributed by atoms with Crippen molar-refractivity contribution in [2.24, 2.45) is 5.41 Å². The van der Waals surface area contributed by atoms with Crippen molar-refractivity contribution in [1.82, 2.24) is 0 Å². The fraction of sp³-hybridized carbons (Fsp3) is 0.476. The zero-order valence-electron chi connectivity index (χ0n) is 64.8. The van der Waals surface area contributed by atoms with E-state index >= 15 is 0 Å². The van der Waals surface area contributed by atoms with Crippen LogP contribution in [0.2, 0.25) is 0 Å². The summed E-state index contributed by atoms with van der Waals surface area (Å²) in [4.78, 5) is 97.2. The molecule has 0 bridgehead atoms. The summed E-state index contributed by atoms with van der Waals surface area (Å²) in [6.07, 6.45) is 29.2. The van der Waals surface area contributed by atoms with E-state index in [4.69, 9.17) is 82.0 Å². The summed E-state index contributed by atoms with van der Waals surface area (Å²) < 4.78 is 27.4. The standard InChI is InChI=1S/C18H33P.C16H20O4.C15H18O4.C13H16O3.C9H10O.C7H6O3.C5H8O3.CH2Cl2.2ClH.Ru/c1-4-10-16(11-5-1)19(17-12-6-2-7-13-17)18-14-8-3-9-15-18;1-5-13-10-14(7-8-15(13)19-11(2)3)20-16(18)9-6-12(4)17;1-10(2)18-14-7-6-13(9-11(14)3)19-15(17)8-5-12(4)16;1-9-5-6-11(7-10(9)8-14)16-12(15)13(2,3)4;1-3-8-6-9(10)5-4-7(8)2;8-4-5-3-6(9)1-2-7(5)10;1-4(6)2-3-5(7)8;2-1-3;;;/h16-18H,1-15H2;5,7-8,10-11H,1,6,9H2,2-4H3;3,6-7,9-10H,5,8H2,1-2,4H3;5-8H,1-4H3;3-6,10H,1H2,2H3;1-4,9-10H;2-3H2,1H3,(H,7,8);1H2;2*1H;/q;;;;;;;;;;+2. The molecule has 18 nitrogen and oxygen atoms in total. The number of esters is 3. The minimum Gasteiger partial charge on any atom is -0.508 e. The monoisotopic (exact) mass is 1680 g/mol. The average Bonchev–Trinajstić information content (AvgIpc) is 0.824. The number of carboxylic acids is 1. The van der Waals surface area contributed by atoms with Gasteiger partial charge in [-0.15, -0.1) is 23.2 Å². The summed E-state index contributed by atoms with van der Waals surface area (Å²) in [5.74, 6) is 0.577. The van der Waals surface area contributed by atoms with Crippen LogP contribution >= 0.6 is 50.5 Å². The maximum Gasteiger partial charge on any atom is 0.316 e. The number of aryl methyl sites for hydroxylation is 2. The zero-order chi connectivity index (χ0) is 81.5. The first-order chi connectivity index (χ1) is 51.0. The van der Waals surface area contributed by atoms with Gasteiger partial charge < -0.3 is 44.2 Å². The van der Waals surface area contributed by atoms with E-state index in [1.165, 1.54) is 55.9 Å². The van der Waals surface area contributed by atoms with Crippen molar-refractivity contribution in [1.29, 1.82) is 0 Å². The van der Waals surface area contributed by atoms with Crippen molar-refractivity contribution in [3.05, 3.63) is 143 Å². The first kappa shape index (κ1) is 98.9. The number of aliphatic hydroxyl groups is 1. The molecule has 0 spiro atoms. The van der Waals surface area contributed by atoms with Gasteiger partial charge in [0.05, 0.1) is 52.2 Å². The summed E-state index contributed by atoms with van der Waals surface area (Å²) in [6, 6.07) is 24.2. The van der Waals surface area contributed by atoms with Crippen molar-refractivity contribution < 1.29 is 101 Å². The number of phenolic OH excluding ortho intramolecular Hbond substituents is 3. The topological polar surface area (TPSA) is 284 Å². The van der Waals surface area contributed by atoms with Gasteiger partial charge in [-0.3, -0.25) is 24.0 Å². The van der Waals surface area contributed by atoms with Gasteiger partial charge in [0.25, 0.3) is 0 Å². The van der Waals surface area contributed by atoms with Crippen molar-refractivity contribution in [3.8, 4) is 46.0 Å². The Kier molecular flexibility index (Phi) is 50.7. The number of aromatic hydroxyl groups is 4. The largest absolute Gasteiger partial charge is 0.508 e. The van der Waals surface area contributed by atoms with Crippen molar-refractivity contribution >= 4 is 121 Å². The number of phenols is 3. The van der Waals surface area contributed by atoms with Gasteiger partial charge in [-0.05, 0) is 217 Å². The van der Waals surface area contributed by atoms with Crippen LogP contribution in [0.5, 0.6) is 46.0 Å². The van der Waals surface area contributed by atoms with Crippen molar-refractivity contribution in [2.75, 3.05) is 5.34 Å². The van der Waals surface area contributed by atoms with E-state index < -0.39 is 36.8 Å². The number of rotatable bonds is 24. The van der Waals surface area contributed by atoms with E-state index in [1.807, 2.05) is 47.6 Å². The van der Waals surface area contributed by atoms with Crippen LogP contribution in [0.3, 0.4) is 0 Å². The summed E-state index contributed by atoms with van der Waals surface area (Å²) in [6.45, 7) is 28.6. The second kappa shape index (κ2) is 55.3. The molecule has 5 aromatic carbocycles. The molecule has 0 aliphatic heterocycles. The molecule has 24 heteroatoms. The van der Waals surface area contributed by atoms with Crippen LogP contribution in [-0.2, 0) is 47.1 Å². The van der Waals surface area contributed by atoms with Gasteiger partial charge in [0.15, 0.2) is 6.29 Å². The number of Topliss-reactive ketones (excluding diaryl/α,β-unsaturated/α-hetero) is 3. The van der Waals surface area contributed by atoms with E-state index in [1.54, 1.807) is 201 Å². The average molecular weight is 1690 g/mol. The molecule has 108 heavy (non-hydrogen) atoms. The number of aldehydes is 2. The van der Waals surface area contributed by atoms with E-state index in [-0.39, 0.29) is 104 Å². The first-order valence-corrected chi connectivity index (χ1v) is 44.7. The van der Waals surface area contributed by atoms with Crippen molar-refractivity contribution in [2.45, 2.75) is 247 Å². The Hall–Kier alpha value is -7.11. The molecule has 0 unspecified atom stereocenters. The Bertz CT molecular complexity index is 3560. The summed E-state index contributed by atoms with van der Waals surface area (Å²) in [7, 11) is 11.8. The molecule has 3 aliphatic carbocycles.